The second-order valence-corrected chi connectivity index (χ2v) is 4.32. The van der Waals surface area contributed by atoms with Gasteiger partial charge in [0.25, 0.3) is 0 Å². The molecule has 2 heteroatoms. The zero-order valence-electron chi connectivity index (χ0n) is 8.62. The molecule has 1 aliphatic rings. The van der Waals surface area contributed by atoms with Crippen molar-refractivity contribution in [3.8, 4) is 0 Å². The highest BCUT2D eigenvalue weighted by molar-refractivity contribution is 4.91. The first-order valence-electron chi connectivity index (χ1n) is 5.02. The van der Waals surface area contributed by atoms with Crippen molar-refractivity contribution in [3.63, 3.8) is 0 Å². The van der Waals surface area contributed by atoms with Crippen LogP contribution in [0.15, 0.2) is 12.7 Å². The molecule has 0 saturated carbocycles. The molecule has 76 valence electrons. The Morgan fingerprint density at radius 2 is 2.38 bits per heavy atom. The van der Waals surface area contributed by atoms with Crippen LogP contribution < -0.4 is 0 Å². The Bertz CT molecular complexity index is 177. The molecule has 2 atom stereocenters. The highest BCUT2D eigenvalue weighted by atomic mass is 16.5. The van der Waals surface area contributed by atoms with Gasteiger partial charge >= 0.3 is 0 Å². The molecule has 0 aromatic heterocycles. The van der Waals surface area contributed by atoms with Crippen LogP contribution in [0, 0.1) is 5.92 Å². The molecule has 0 bridgehead atoms. The van der Waals surface area contributed by atoms with Crippen LogP contribution in [-0.2, 0) is 4.74 Å². The summed E-state index contributed by atoms with van der Waals surface area (Å²) in [6.45, 7) is 8.60. The van der Waals surface area contributed by atoms with Crippen LogP contribution in [0.25, 0.3) is 0 Å². The van der Waals surface area contributed by atoms with Gasteiger partial charge in [-0.25, -0.2) is 0 Å². The fourth-order valence-corrected chi connectivity index (χ4v) is 1.82. The SMILES string of the molecule is C=CCC1(O)CCOC(C(C)C)C1. The summed E-state index contributed by atoms with van der Waals surface area (Å²) >= 11 is 0. The van der Waals surface area contributed by atoms with Gasteiger partial charge < -0.3 is 9.84 Å². The quantitative estimate of drug-likeness (QED) is 0.681. The van der Waals surface area contributed by atoms with Crippen molar-refractivity contribution in [3.05, 3.63) is 12.7 Å². The van der Waals surface area contributed by atoms with E-state index in [0.29, 0.717) is 18.9 Å². The minimum Gasteiger partial charge on any atom is -0.389 e. The van der Waals surface area contributed by atoms with Gasteiger partial charge in [-0.2, -0.15) is 0 Å². The standard InChI is InChI=1S/C11H20O2/c1-4-5-11(12)6-7-13-10(8-11)9(2)3/h4,9-10,12H,1,5-8H2,2-3H3. The van der Waals surface area contributed by atoms with Gasteiger partial charge in [0.15, 0.2) is 0 Å². The maximum Gasteiger partial charge on any atom is 0.0728 e. The molecule has 0 radical (unpaired) electrons. The van der Waals surface area contributed by atoms with Crippen LogP contribution in [0.3, 0.4) is 0 Å². The Morgan fingerprint density at radius 3 is 2.92 bits per heavy atom. The summed E-state index contributed by atoms with van der Waals surface area (Å²) in [5.74, 6) is 0.483. The maximum atomic E-state index is 10.1. The van der Waals surface area contributed by atoms with E-state index in [-0.39, 0.29) is 6.10 Å². The molecule has 1 aliphatic heterocycles. The molecular weight excluding hydrogens is 164 g/mol. The predicted octanol–water partition coefficient (Wildman–Crippen LogP) is 2.13. The van der Waals surface area contributed by atoms with Crippen molar-refractivity contribution in [1.82, 2.24) is 0 Å². The molecule has 1 saturated heterocycles. The molecule has 2 unspecified atom stereocenters. The molecule has 1 N–H and O–H groups in total. The summed E-state index contributed by atoms with van der Waals surface area (Å²) in [4.78, 5) is 0. The third kappa shape index (κ3) is 2.82. The van der Waals surface area contributed by atoms with E-state index in [2.05, 4.69) is 20.4 Å². The Kier molecular flexibility index (Phi) is 3.51. The van der Waals surface area contributed by atoms with Gasteiger partial charge in [0, 0.05) is 13.0 Å². The first-order chi connectivity index (χ1) is 6.07. The summed E-state index contributed by atoms with van der Waals surface area (Å²) in [5.41, 5.74) is -0.561. The van der Waals surface area contributed by atoms with Crippen molar-refractivity contribution < 1.29 is 9.84 Å². The van der Waals surface area contributed by atoms with Gasteiger partial charge in [0.05, 0.1) is 11.7 Å². The van der Waals surface area contributed by atoms with Crippen LogP contribution in [0.2, 0.25) is 0 Å². The largest absolute Gasteiger partial charge is 0.389 e. The fraction of sp³-hybridized carbons (Fsp3) is 0.818. The summed E-state index contributed by atoms with van der Waals surface area (Å²) in [7, 11) is 0. The average molecular weight is 184 g/mol. The molecule has 0 aromatic carbocycles. The van der Waals surface area contributed by atoms with Crippen molar-refractivity contribution in [1.29, 1.82) is 0 Å². The van der Waals surface area contributed by atoms with Crippen LogP contribution in [0.1, 0.15) is 33.1 Å². The summed E-state index contributed by atoms with van der Waals surface area (Å²) < 4.78 is 5.59. The van der Waals surface area contributed by atoms with E-state index in [1.165, 1.54) is 0 Å². The van der Waals surface area contributed by atoms with E-state index in [9.17, 15) is 5.11 Å². The Labute approximate surface area is 80.6 Å². The number of ether oxygens (including phenoxy) is 1. The lowest BCUT2D eigenvalue weighted by atomic mass is 9.84. The van der Waals surface area contributed by atoms with Crippen LogP contribution in [0.5, 0.6) is 0 Å². The smallest absolute Gasteiger partial charge is 0.0728 e. The number of aliphatic hydroxyl groups is 1. The zero-order chi connectivity index (χ0) is 9.90. The molecular formula is C11H20O2. The minimum absolute atomic E-state index is 0.207. The molecule has 0 spiro atoms. The lowest BCUT2D eigenvalue weighted by Gasteiger charge is -2.38. The number of rotatable bonds is 3. The van der Waals surface area contributed by atoms with Gasteiger partial charge in [-0.05, 0) is 18.8 Å². The maximum absolute atomic E-state index is 10.1. The van der Waals surface area contributed by atoms with Gasteiger partial charge in [-0.15, -0.1) is 6.58 Å². The lowest BCUT2D eigenvalue weighted by Crippen LogP contribution is -2.42. The van der Waals surface area contributed by atoms with Gasteiger partial charge in [-0.1, -0.05) is 19.9 Å². The normalized spacial score (nSPS) is 34.9. The number of hydrogen-bond donors (Lipinski definition) is 1. The molecule has 1 fully saturated rings. The molecule has 13 heavy (non-hydrogen) atoms. The first kappa shape index (κ1) is 10.7. The van der Waals surface area contributed by atoms with Crippen molar-refractivity contribution >= 4 is 0 Å². The third-order valence-electron chi connectivity index (χ3n) is 2.75. The van der Waals surface area contributed by atoms with E-state index >= 15 is 0 Å². The minimum atomic E-state index is -0.561. The molecule has 2 nitrogen and oxygen atoms in total. The molecule has 0 amide bonds. The van der Waals surface area contributed by atoms with Crippen molar-refractivity contribution in [2.45, 2.75) is 44.8 Å². The van der Waals surface area contributed by atoms with E-state index in [1.807, 2.05) is 0 Å². The first-order valence-corrected chi connectivity index (χ1v) is 5.02. The number of hydrogen-bond acceptors (Lipinski definition) is 2. The molecule has 0 aliphatic carbocycles. The van der Waals surface area contributed by atoms with E-state index < -0.39 is 5.60 Å². The lowest BCUT2D eigenvalue weighted by molar-refractivity contribution is -0.115. The fourth-order valence-electron chi connectivity index (χ4n) is 1.82. The summed E-state index contributed by atoms with van der Waals surface area (Å²) in [5, 5.41) is 10.1. The predicted molar refractivity (Wildman–Crippen MR) is 53.6 cm³/mol. The van der Waals surface area contributed by atoms with Gasteiger partial charge in [-0.3, -0.25) is 0 Å². The highest BCUT2D eigenvalue weighted by Crippen LogP contribution is 2.31. The second kappa shape index (κ2) is 4.25. The Hall–Kier alpha value is -0.340. The summed E-state index contributed by atoms with van der Waals surface area (Å²) in [6.07, 6.45) is 4.17. The topological polar surface area (TPSA) is 29.5 Å². The Morgan fingerprint density at radius 1 is 1.69 bits per heavy atom. The average Bonchev–Trinajstić information content (AvgIpc) is 2.04. The van der Waals surface area contributed by atoms with Crippen molar-refractivity contribution in [2.24, 2.45) is 5.92 Å². The Balaban J connectivity index is 2.54. The van der Waals surface area contributed by atoms with E-state index in [0.717, 1.165) is 12.8 Å². The zero-order valence-corrected chi connectivity index (χ0v) is 8.62. The molecule has 1 rings (SSSR count). The monoisotopic (exact) mass is 184 g/mol. The van der Waals surface area contributed by atoms with Crippen LogP contribution in [-0.4, -0.2) is 23.4 Å². The summed E-state index contributed by atoms with van der Waals surface area (Å²) in [6, 6.07) is 0. The third-order valence-corrected chi connectivity index (χ3v) is 2.75. The van der Waals surface area contributed by atoms with E-state index in [1.54, 1.807) is 6.08 Å². The second-order valence-electron chi connectivity index (χ2n) is 4.32. The van der Waals surface area contributed by atoms with Crippen molar-refractivity contribution in [2.75, 3.05) is 6.61 Å². The van der Waals surface area contributed by atoms with Crippen LogP contribution in [0.4, 0.5) is 0 Å². The van der Waals surface area contributed by atoms with Crippen LogP contribution >= 0.6 is 0 Å². The molecule has 1 heterocycles. The molecule has 0 aromatic rings. The van der Waals surface area contributed by atoms with Gasteiger partial charge in [0.2, 0.25) is 0 Å². The highest BCUT2D eigenvalue weighted by Gasteiger charge is 2.34. The van der Waals surface area contributed by atoms with Gasteiger partial charge in [0.1, 0.15) is 0 Å². The van der Waals surface area contributed by atoms with E-state index in [4.69, 9.17) is 4.74 Å².